The number of rotatable bonds is 3. The SMILES string of the molecule is CN1CCOC(CNC(=O)Nc2cc(Cl)c3c(c2)NC(=O)CO3)C1. The van der Waals surface area contributed by atoms with Crippen molar-refractivity contribution in [1.29, 1.82) is 0 Å². The minimum Gasteiger partial charge on any atom is -0.480 e. The zero-order valence-corrected chi connectivity index (χ0v) is 14.0. The Balaban J connectivity index is 1.57. The number of hydrogen-bond donors (Lipinski definition) is 3. The highest BCUT2D eigenvalue weighted by atomic mass is 35.5. The number of urea groups is 1. The van der Waals surface area contributed by atoms with Crippen LogP contribution in [-0.2, 0) is 9.53 Å². The molecule has 3 N–H and O–H groups in total. The average Bonchev–Trinajstić information content (AvgIpc) is 2.52. The van der Waals surface area contributed by atoms with Crippen LogP contribution in [-0.4, -0.2) is 62.8 Å². The first-order chi connectivity index (χ1) is 11.5. The number of ether oxygens (including phenoxy) is 2. The van der Waals surface area contributed by atoms with Gasteiger partial charge in [0.1, 0.15) is 0 Å². The number of benzene rings is 1. The molecule has 0 aliphatic carbocycles. The Hall–Kier alpha value is -2.03. The van der Waals surface area contributed by atoms with Gasteiger partial charge < -0.3 is 30.3 Å². The third-order valence-corrected chi connectivity index (χ3v) is 4.04. The predicted octanol–water partition coefficient (Wildman–Crippen LogP) is 1.12. The first-order valence-electron chi connectivity index (χ1n) is 7.62. The Kier molecular flexibility index (Phi) is 5.08. The summed E-state index contributed by atoms with van der Waals surface area (Å²) in [4.78, 5) is 25.6. The van der Waals surface area contributed by atoms with Crippen molar-refractivity contribution in [2.45, 2.75) is 6.10 Å². The van der Waals surface area contributed by atoms with Crippen molar-refractivity contribution in [1.82, 2.24) is 10.2 Å². The van der Waals surface area contributed by atoms with E-state index in [0.717, 1.165) is 13.1 Å². The standard InChI is InChI=1S/C15H19ClN4O4/c1-20-2-3-23-10(7-20)6-17-15(22)18-9-4-11(16)14-12(5-9)19-13(21)8-24-14/h4-5,10H,2-3,6-8H2,1H3,(H,19,21)(H2,17,18,22). The van der Waals surface area contributed by atoms with Gasteiger partial charge in [0, 0.05) is 25.3 Å². The number of morpholine rings is 1. The number of fused-ring (bicyclic) bond motifs is 1. The third-order valence-electron chi connectivity index (χ3n) is 3.76. The van der Waals surface area contributed by atoms with Crippen molar-refractivity contribution < 1.29 is 19.1 Å². The van der Waals surface area contributed by atoms with Crippen molar-refractivity contribution >= 4 is 34.9 Å². The Bertz CT molecular complexity index is 655. The highest BCUT2D eigenvalue weighted by Crippen LogP contribution is 2.38. The van der Waals surface area contributed by atoms with Crippen LogP contribution >= 0.6 is 11.6 Å². The molecule has 3 amide bonds. The molecule has 2 heterocycles. The normalized spacial score (nSPS) is 20.6. The summed E-state index contributed by atoms with van der Waals surface area (Å²) in [6.07, 6.45) is -0.0330. The van der Waals surface area contributed by atoms with Crippen molar-refractivity contribution in [2.24, 2.45) is 0 Å². The van der Waals surface area contributed by atoms with E-state index in [9.17, 15) is 9.59 Å². The summed E-state index contributed by atoms with van der Waals surface area (Å²) in [5.74, 6) is 0.139. The maximum Gasteiger partial charge on any atom is 0.319 e. The van der Waals surface area contributed by atoms with Gasteiger partial charge in [-0.3, -0.25) is 4.79 Å². The Morgan fingerprint density at radius 1 is 1.50 bits per heavy atom. The Morgan fingerprint density at radius 3 is 3.12 bits per heavy atom. The summed E-state index contributed by atoms with van der Waals surface area (Å²) in [5, 5.41) is 8.43. The van der Waals surface area contributed by atoms with Gasteiger partial charge in [0.2, 0.25) is 0 Å². The van der Waals surface area contributed by atoms with E-state index in [1.54, 1.807) is 12.1 Å². The van der Waals surface area contributed by atoms with Crippen LogP contribution < -0.4 is 20.7 Å². The average molecular weight is 355 g/mol. The van der Waals surface area contributed by atoms with Gasteiger partial charge in [-0.25, -0.2) is 4.79 Å². The molecule has 0 saturated carbocycles. The van der Waals surface area contributed by atoms with E-state index >= 15 is 0 Å². The maximum absolute atomic E-state index is 12.0. The van der Waals surface area contributed by atoms with E-state index in [-0.39, 0.29) is 24.6 Å². The number of hydrogen-bond acceptors (Lipinski definition) is 5. The molecule has 9 heteroatoms. The molecule has 8 nitrogen and oxygen atoms in total. The van der Waals surface area contributed by atoms with Crippen molar-refractivity contribution in [3.8, 4) is 5.75 Å². The largest absolute Gasteiger partial charge is 0.480 e. The maximum atomic E-state index is 12.0. The molecule has 0 spiro atoms. The molecule has 1 fully saturated rings. The predicted molar refractivity (Wildman–Crippen MR) is 89.8 cm³/mol. The van der Waals surface area contributed by atoms with Gasteiger partial charge in [-0.05, 0) is 19.2 Å². The lowest BCUT2D eigenvalue weighted by atomic mass is 10.2. The van der Waals surface area contributed by atoms with E-state index in [1.165, 1.54) is 0 Å². The van der Waals surface area contributed by atoms with Crippen LogP contribution in [0.5, 0.6) is 5.75 Å². The van der Waals surface area contributed by atoms with Crippen LogP contribution in [0.1, 0.15) is 0 Å². The summed E-state index contributed by atoms with van der Waals surface area (Å²) in [6, 6.07) is 2.80. The monoisotopic (exact) mass is 354 g/mol. The third kappa shape index (κ3) is 4.08. The molecule has 0 radical (unpaired) electrons. The van der Waals surface area contributed by atoms with E-state index in [0.29, 0.717) is 35.3 Å². The molecule has 1 saturated heterocycles. The fourth-order valence-corrected chi connectivity index (χ4v) is 2.88. The number of anilines is 2. The molecule has 1 aromatic carbocycles. The topological polar surface area (TPSA) is 91.9 Å². The minimum absolute atomic E-state index is 0.0330. The van der Waals surface area contributed by atoms with Gasteiger partial charge in [-0.2, -0.15) is 0 Å². The lowest BCUT2D eigenvalue weighted by Crippen LogP contribution is -2.46. The van der Waals surface area contributed by atoms with E-state index in [2.05, 4.69) is 20.9 Å². The van der Waals surface area contributed by atoms with Crippen molar-refractivity contribution in [3.63, 3.8) is 0 Å². The second-order valence-corrected chi connectivity index (χ2v) is 6.17. The minimum atomic E-state index is -0.370. The van der Waals surface area contributed by atoms with Gasteiger partial charge >= 0.3 is 6.03 Å². The summed E-state index contributed by atoms with van der Waals surface area (Å²) in [6.45, 7) is 2.66. The molecule has 24 heavy (non-hydrogen) atoms. The van der Waals surface area contributed by atoms with Crippen LogP contribution in [0.2, 0.25) is 5.02 Å². The molecular weight excluding hydrogens is 336 g/mol. The van der Waals surface area contributed by atoms with Gasteiger partial charge in [0.25, 0.3) is 5.91 Å². The first-order valence-corrected chi connectivity index (χ1v) is 8.00. The Morgan fingerprint density at radius 2 is 2.33 bits per heavy atom. The fraction of sp³-hybridized carbons (Fsp3) is 0.467. The smallest absolute Gasteiger partial charge is 0.319 e. The first kappa shape index (κ1) is 16.8. The summed E-state index contributed by atoms with van der Waals surface area (Å²) in [5.41, 5.74) is 0.898. The molecule has 130 valence electrons. The van der Waals surface area contributed by atoms with Crippen LogP contribution in [0.15, 0.2) is 12.1 Å². The highest BCUT2D eigenvalue weighted by Gasteiger charge is 2.21. The number of carbonyl (C=O) groups excluding carboxylic acids is 2. The number of amides is 3. The molecular formula is C15H19ClN4O4. The van der Waals surface area contributed by atoms with Gasteiger partial charge in [-0.1, -0.05) is 11.6 Å². The molecule has 2 aliphatic heterocycles. The zero-order valence-electron chi connectivity index (χ0n) is 13.2. The van der Waals surface area contributed by atoms with Gasteiger partial charge in [-0.15, -0.1) is 0 Å². The molecule has 0 aromatic heterocycles. The van der Waals surface area contributed by atoms with Gasteiger partial charge in [0.05, 0.1) is 23.4 Å². The van der Waals surface area contributed by atoms with Crippen LogP contribution in [0.3, 0.4) is 0 Å². The van der Waals surface area contributed by atoms with E-state index in [4.69, 9.17) is 21.1 Å². The molecule has 2 aliphatic rings. The van der Waals surface area contributed by atoms with Crippen molar-refractivity contribution in [2.75, 3.05) is 50.5 Å². The summed E-state index contributed by atoms with van der Waals surface area (Å²) >= 11 is 6.12. The van der Waals surface area contributed by atoms with E-state index < -0.39 is 0 Å². The molecule has 1 aromatic rings. The molecule has 3 rings (SSSR count). The molecule has 1 atom stereocenters. The van der Waals surface area contributed by atoms with Gasteiger partial charge in [0.15, 0.2) is 12.4 Å². The number of nitrogens with zero attached hydrogens (tertiary/aromatic N) is 1. The van der Waals surface area contributed by atoms with Crippen molar-refractivity contribution in [3.05, 3.63) is 17.2 Å². The number of likely N-dealkylation sites (N-methyl/N-ethyl adjacent to an activating group) is 1. The number of halogens is 1. The Labute approximate surface area is 144 Å². The number of carbonyl (C=O) groups is 2. The lowest BCUT2D eigenvalue weighted by molar-refractivity contribution is -0.118. The van der Waals surface area contributed by atoms with Crippen LogP contribution in [0.4, 0.5) is 16.2 Å². The highest BCUT2D eigenvalue weighted by molar-refractivity contribution is 6.33. The molecule has 0 bridgehead atoms. The summed E-state index contributed by atoms with van der Waals surface area (Å²) < 4.78 is 10.9. The van der Waals surface area contributed by atoms with E-state index in [1.807, 2.05) is 7.05 Å². The fourth-order valence-electron chi connectivity index (χ4n) is 2.60. The lowest BCUT2D eigenvalue weighted by Gasteiger charge is -2.30. The summed E-state index contributed by atoms with van der Waals surface area (Å²) in [7, 11) is 2.01. The van der Waals surface area contributed by atoms with Crippen LogP contribution in [0.25, 0.3) is 0 Å². The quantitative estimate of drug-likeness (QED) is 0.756. The van der Waals surface area contributed by atoms with Crippen LogP contribution in [0, 0.1) is 0 Å². The second kappa shape index (κ2) is 7.25. The second-order valence-electron chi connectivity index (χ2n) is 5.76. The number of nitrogens with one attached hydrogen (secondary N) is 3. The zero-order chi connectivity index (χ0) is 17.1. The molecule has 1 unspecified atom stereocenters.